The maximum atomic E-state index is 15.6. The number of ketones is 1. The molecule has 2 aromatic rings. The van der Waals surface area contributed by atoms with Gasteiger partial charge in [-0.1, -0.05) is 44.2 Å². The molecule has 0 aromatic heterocycles. The number of esters is 3. The second-order valence-electron chi connectivity index (χ2n) is 14.9. The van der Waals surface area contributed by atoms with Gasteiger partial charge in [-0.25, -0.2) is 4.79 Å². The highest BCUT2D eigenvalue weighted by Crippen LogP contribution is 2.64. The first kappa shape index (κ1) is 36.7. The zero-order chi connectivity index (χ0) is 37.1. The lowest BCUT2D eigenvalue weighted by Gasteiger charge is -2.67. The van der Waals surface area contributed by atoms with Crippen molar-refractivity contribution in [2.45, 2.75) is 103 Å². The summed E-state index contributed by atoms with van der Waals surface area (Å²) in [5.41, 5.74) is -5.38. The molecule has 3 aliphatic carbocycles. The van der Waals surface area contributed by atoms with Gasteiger partial charge in [0.15, 0.2) is 17.5 Å². The van der Waals surface area contributed by atoms with Gasteiger partial charge in [-0.2, -0.15) is 0 Å². The molecule has 2 bridgehead atoms. The number of aliphatic hydroxyl groups is 2. The van der Waals surface area contributed by atoms with E-state index in [-0.39, 0.29) is 37.2 Å². The fraction of sp³-hybridized carbons (Fsp3) is 0.538. The minimum atomic E-state index is -2.11. The molecule has 0 radical (unpaired) electrons. The van der Waals surface area contributed by atoms with Crippen LogP contribution >= 0.6 is 0 Å². The Balaban J connectivity index is 1.61. The van der Waals surface area contributed by atoms with Gasteiger partial charge in [0.05, 0.1) is 49.4 Å². The molecule has 2 N–H and O–H groups in total. The maximum Gasteiger partial charge on any atom is 0.338 e. The van der Waals surface area contributed by atoms with Gasteiger partial charge < -0.3 is 38.6 Å². The van der Waals surface area contributed by atoms with E-state index in [0.29, 0.717) is 11.3 Å². The van der Waals surface area contributed by atoms with Crippen LogP contribution in [0.2, 0.25) is 0 Å². The predicted molar refractivity (Wildman–Crippen MR) is 180 cm³/mol. The van der Waals surface area contributed by atoms with E-state index in [1.807, 2.05) is 12.1 Å². The minimum Gasteiger partial charge on any atom is -0.497 e. The number of rotatable bonds is 8. The largest absolute Gasteiger partial charge is 0.497 e. The van der Waals surface area contributed by atoms with Gasteiger partial charge in [0.2, 0.25) is 0 Å². The molecule has 1 saturated heterocycles. The molecular formula is C39H46O12. The van der Waals surface area contributed by atoms with Crippen molar-refractivity contribution >= 4 is 23.7 Å². The van der Waals surface area contributed by atoms with Gasteiger partial charge in [-0.3, -0.25) is 14.4 Å². The highest BCUT2D eigenvalue weighted by Gasteiger charge is 2.78. The smallest absolute Gasteiger partial charge is 0.338 e. The van der Waals surface area contributed by atoms with Crippen LogP contribution in [0.4, 0.5) is 0 Å². The zero-order valence-electron chi connectivity index (χ0n) is 30.0. The Kier molecular flexibility index (Phi) is 9.46. The van der Waals surface area contributed by atoms with Crippen LogP contribution in [0.1, 0.15) is 70.3 Å². The van der Waals surface area contributed by atoms with Crippen molar-refractivity contribution in [1.82, 2.24) is 0 Å². The van der Waals surface area contributed by atoms with E-state index in [1.54, 1.807) is 77.3 Å². The molecule has 3 fully saturated rings. The number of fused-ring (bicyclic) bond motifs is 5. The van der Waals surface area contributed by atoms with Gasteiger partial charge in [0.25, 0.3) is 0 Å². The summed E-state index contributed by atoms with van der Waals surface area (Å²) in [7, 11) is 1.56. The van der Waals surface area contributed by atoms with Gasteiger partial charge in [-0.15, -0.1) is 0 Å². The second-order valence-corrected chi connectivity index (χ2v) is 14.9. The van der Waals surface area contributed by atoms with Crippen LogP contribution in [0.5, 0.6) is 5.75 Å². The molecule has 274 valence electrons. The van der Waals surface area contributed by atoms with Crippen molar-refractivity contribution in [2.24, 2.45) is 16.7 Å². The molecule has 6 rings (SSSR count). The summed E-state index contributed by atoms with van der Waals surface area (Å²) in [6.45, 7) is 8.88. The Hall–Kier alpha value is -4.10. The van der Waals surface area contributed by atoms with E-state index in [4.69, 9.17) is 28.4 Å². The second kappa shape index (κ2) is 13.1. The number of benzene rings is 2. The van der Waals surface area contributed by atoms with Crippen LogP contribution in [0, 0.1) is 16.7 Å². The van der Waals surface area contributed by atoms with Crippen LogP contribution in [-0.4, -0.2) is 89.3 Å². The van der Waals surface area contributed by atoms with E-state index in [0.717, 1.165) is 5.56 Å². The molecule has 0 unspecified atom stereocenters. The SMILES string of the molecule is COc1ccc(CO[C@H]2C[C@H]3OC[C@@]3(OC(C)=O)[C@H]3[C@H](OC(=O)c4ccccc4)[C@]4(O)C[C@H](O)C(C)=C([C@@H](OC(C)=O)C(=O)[C@]23C)C4(C)C)cc1. The van der Waals surface area contributed by atoms with Crippen LogP contribution in [0.15, 0.2) is 65.7 Å². The minimum absolute atomic E-state index is 0.0421. The number of carbonyl (C=O) groups is 4. The lowest BCUT2D eigenvalue weighted by atomic mass is 9.44. The Labute approximate surface area is 297 Å². The first-order valence-electron chi connectivity index (χ1n) is 17.2. The summed E-state index contributed by atoms with van der Waals surface area (Å²) < 4.78 is 36.4. The molecule has 51 heavy (non-hydrogen) atoms. The van der Waals surface area contributed by atoms with Crippen molar-refractivity contribution in [2.75, 3.05) is 13.7 Å². The third-order valence-corrected chi connectivity index (χ3v) is 11.8. The molecule has 9 atom stereocenters. The summed E-state index contributed by atoms with van der Waals surface area (Å²) in [4.78, 5) is 55.4. The summed E-state index contributed by atoms with van der Waals surface area (Å²) in [5, 5.41) is 24.8. The monoisotopic (exact) mass is 706 g/mol. The third-order valence-electron chi connectivity index (χ3n) is 11.8. The highest BCUT2D eigenvalue weighted by molar-refractivity contribution is 5.95. The molecule has 1 heterocycles. The van der Waals surface area contributed by atoms with Crippen LogP contribution in [0.3, 0.4) is 0 Å². The highest BCUT2D eigenvalue weighted by atomic mass is 16.6. The van der Waals surface area contributed by atoms with Crippen LogP contribution in [-0.2, 0) is 44.7 Å². The summed E-state index contributed by atoms with van der Waals surface area (Å²) in [5.74, 6) is -3.50. The molecule has 0 amide bonds. The topological polar surface area (TPSA) is 164 Å². The number of carbonyl (C=O) groups excluding carboxylic acids is 4. The Morgan fingerprint density at radius 3 is 2.20 bits per heavy atom. The van der Waals surface area contributed by atoms with E-state index >= 15 is 4.79 Å². The average molecular weight is 707 g/mol. The number of ether oxygens (including phenoxy) is 6. The number of hydrogen-bond acceptors (Lipinski definition) is 12. The lowest BCUT2D eigenvalue weighted by Crippen LogP contribution is -2.82. The quantitative estimate of drug-likeness (QED) is 0.232. The number of aliphatic hydroxyl groups excluding tert-OH is 1. The number of Topliss-reactive ketones (excluding diaryl/α,β-unsaturated/α-hetero) is 1. The zero-order valence-corrected chi connectivity index (χ0v) is 30.0. The molecule has 12 nitrogen and oxygen atoms in total. The molecule has 1 aliphatic heterocycles. The van der Waals surface area contributed by atoms with Gasteiger partial charge in [0.1, 0.15) is 23.6 Å². The molecule has 0 spiro atoms. The molecule has 4 aliphatic rings. The van der Waals surface area contributed by atoms with Gasteiger partial charge in [-0.05, 0) is 54.8 Å². The van der Waals surface area contributed by atoms with Crippen molar-refractivity contribution in [3.63, 3.8) is 0 Å². The summed E-state index contributed by atoms with van der Waals surface area (Å²) in [6.07, 6.45) is -6.51. The van der Waals surface area contributed by atoms with Gasteiger partial charge in [0, 0.05) is 32.1 Å². The van der Waals surface area contributed by atoms with Crippen molar-refractivity contribution in [1.29, 1.82) is 0 Å². The predicted octanol–water partition coefficient (Wildman–Crippen LogP) is 3.89. The number of methoxy groups -OCH3 is 1. The van der Waals surface area contributed by atoms with Crippen molar-refractivity contribution < 1.29 is 57.8 Å². The normalized spacial score (nSPS) is 35.2. The maximum absolute atomic E-state index is 15.6. The fourth-order valence-electron chi connectivity index (χ4n) is 9.04. The number of hydrogen-bond donors (Lipinski definition) is 2. The fourth-order valence-corrected chi connectivity index (χ4v) is 9.04. The average Bonchev–Trinajstić information content (AvgIpc) is 3.08. The van der Waals surface area contributed by atoms with Crippen LogP contribution < -0.4 is 4.74 Å². The first-order chi connectivity index (χ1) is 24.0. The Bertz CT molecular complexity index is 1730. The Morgan fingerprint density at radius 1 is 0.961 bits per heavy atom. The van der Waals surface area contributed by atoms with Gasteiger partial charge >= 0.3 is 17.9 Å². The first-order valence-corrected chi connectivity index (χ1v) is 17.2. The van der Waals surface area contributed by atoms with E-state index in [2.05, 4.69) is 0 Å². The third kappa shape index (κ3) is 5.76. The van der Waals surface area contributed by atoms with E-state index < -0.39 is 82.2 Å². The molecular weight excluding hydrogens is 660 g/mol. The van der Waals surface area contributed by atoms with Crippen molar-refractivity contribution in [3.05, 3.63) is 76.9 Å². The molecule has 2 aromatic carbocycles. The molecule has 2 saturated carbocycles. The standard InChI is InChI=1S/C39H46O12/c1-21-27(42)18-39(45)34(50-35(44)25-11-9-8-10-12-25)32-37(6,33(43)31(49-22(2)40)30(21)36(39,4)5)28(17-29-38(32,20-48-29)51-23(3)41)47-19-24-13-15-26(46-7)16-14-24/h8-16,27-29,31-32,34,42,45H,17-20H2,1-7H3/t27-,28-,29+,31+,32-,34-,37+,38-,39+/m0/s1. The van der Waals surface area contributed by atoms with Crippen LogP contribution in [0.25, 0.3) is 0 Å². The lowest BCUT2D eigenvalue weighted by molar-refractivity contribution is -0.349. The molecule has 12 heteroatoms. The van der Waals surface area contributed by atoms with E-state index in [9.17, 15) is 24.6 Å². The van der Waals surface area contributed by atoms with E-state index in [1.165, 1.54) is 13.8 Å². The van der Waals surface area contributed by atoms with Crippen molar-refractivity contribution in [3.8, 4) is 5.75 Å². The summed E-state index contributed by atoms with van der Waals surface area (Å²) >= 11 is 0. The Morgan fingerprint density at radius 2 is 1.63 bits per heavy atom. The summed E-state index contributed by atoms with van der Waals surface area (Å²) in [6, 6.07) is 15.4.